The number of alkyl halides is 3. The summed E-state index contributed by atoms with van der Waals surface area (Å²) in [5.41, 5.74) is 0.748. The van der Waals surface area contributed by atoms with Crippen LogP contribution >= 0.6 is 15.9 Å². The fraction of sp³-hybridized carbons (Fsp3) is 0.438. The topological polar surface area (TPSA) is 25.2 Å². The van der Waals surface area contributed by atoms with Crippen LogP contribution in [0.25, 0.3) is 10.9 Å². The average molecular weight is 389 g/mol. The van der Waals surface area contributed by atoms with E-state index in [9.17, 15) is 18.0 Å². The van der Waals surface area contributed by atoms with Crippen molar-refractivity contribution in [3.63, 3.8) is 0 Å². The maximum atomic E-state index is 12.8. The van der Waals surface area contributed by atoms with Gasteiger partial charge in [-0.2, -0.15) is 13.2 Å². The summed E-state index contributed by atoms with van der Waals surface area (Å²) >= 11 is 3.28. The SMILES string of the molecule is C[C@@H]1CCCN1C(=O)c1cn(CC(F)(F)F)c2cc(Br)ccc12. The Labute approximate surface area is 140 Å². The Kier molecular flexibility index (Phi) is 4.16. The van der Waals surface area contributed by atoms with Gasteiger partial charge in [0.15, 0.2) is 0 Å². The summed E-state index contributed by atoms with van der Waals surface area (Å²) < 4.78 is 40.2. The van der Waals surface area contributed by atoms with Crippen molar-refractivity contribution in [1.82, 2.24) is 9.47 Å². The smallest absolute Gasteiger partial charge is 0.337 e. The third kappa shape index (κ3) is 3.24. The van der Waals surface area contributed by atoms with E-state index in [4.69, 9.17) is 0 Å². The molecule has 23 heavy (non-hydrogen) atoms. The highest BCUT2D eigenvalue weighted by molar-refractivity contribution is 9.10. The molecule has 124 valence electrons. The van der Waals surface area contributed by atoms with Crippen molar-refractivity contribution in [2.75, 3.05) is 6.54 Å². The second-order valence-electron chi connectivity index (χ2n) is 5.94. The predicted molar refractivity (Wildman–Crippen MR) is 85.4 cm³/mol. The van der Waals surface area contributed by atoms with Crippen LogP contribution in [0.1, 0.15) is 30.1 Å². The molecule has 3 nitrogen and oxygen atoms in total. The van der Waals surface area contributed by atoms with Crippen LogP contribution in [0.15, 0.2) is 28.9 Å². The number of likely N-dealkylation sites (tertiary alicyclic amines) is 1. The van der Waals surface area contributed by atoms with Gasteiger partial charge in [0.2, 0.25) is 0 Å². The Morgan fingerprint density at radius 1 is 1.39 bits per heavy atom. The van der Waals surface area contributed by atoms with Crippen LogP contribution in [0.4, 0.5) is 13.2 Å². The Balaban J connectivity index is 2.08. The first kappa shape index (κ1) is 16.4. The maximum Gasteiger partial charge on any atom is 0.406 e. The molecule has 1 aromatic heterocycles. The Morgan fingerprint density at radius 2 is 2.13 bits per heavy atom. The lowest BCUT2D eigenvalue weighted by atomic mass is 10.1. The monoisotopic (exact) mass is 388 g/mol. The number of benzene rings is 1. The molecule has 0 bridgehead atoms. The summed E-state index contributed by atoms with van der Waals surface area (Å²) in [4.78, 5) is 14.5. The lowest BCUT2D eigenvalue weighted by Crippen LogP contribution is -2.33. The molecule has 1 atom stereocenters. The van der Waals surface area contributed by atoms with Gasteiger partial charge in [0, 0.05) is 28.6 Å². The molecule has 7 heteroatoms. The molecular weight excluding hydrogens is 373 g/mol. The molecule has 3 rings (SSSR count). The fourth-order valence-electron chi connectivity index (χ4n) is 3.15. The molecule has 2 heterocycles. The second kappa shape index (κ2) is 5.85. The van der Waals surface area contributed by atoms with Gasteiger partial charge < -0.3 is 9.47 Å². The van der Waals surface area contributed by atoms with Gasteiger partial charge in [-0.05, 0) is 31.9 Å². The summed E-state index contributed by atoms with van der Waals surface area (Å²) in [7, 11) is 0. The quantitative estimate of drug-likeness (QED) is 0.738. The van der Waals surface area contributed by atoms with Crippen molar-refractivity contribution in [2.45, 2.75) is 38.5 Å². The van der Waals surface area contributed by atoms with Gasteiger partial charge in [-0.25, -0.2) is 0 Å². The number of hydrogen-bond acceptors (Lipinski definition) is 1. The number of carbonyl (C=O) groups excluding carboxylic acids is 1. The van der Waals surface area contributed by atoms with Crippen molar-refractivity contribution in [3.8, 4) is 0 Å². The third-order valence-corrected chi connectivity index (χ3v) is 4.73. The number of halogens is 4. The van der Waals surface area contributed by atoms with Crippen LogP contribution in [0.5, 0.6) is 0 Å². The highest BCUT2D eigenvalue weighted by atomic mass is 79.9. The molecule has 0 N–H and O–H groups in total. The van der Waals surface area contributed by atoms with Crippen LogP contribution < -0.4 is 0 Å². The van der Waals surface area contributed by atoms with E-state index < -0.39 is 12.7 Å². The van der Waals surface area contributed by atoms with E-state index in [2.05, 4.69) is 15.9 Å². The summed E-state index contributed by atoms with van der Waals surface area (Å²) in [5, 5.41) is 0.557. The minimum atomic E-state index is -4.34. The summed E-state index contributed by atoms with van der Waals surface area (Å²) in [5.74, 6) is -0.191. The molecule has 1 aliphatic rings. The van der Waals surface area contributed by atoms with Gasteiger partial charge >= 0.3 is 6.18 Å². The molecule has 2 aromatic rings. The first-order chi connectivity index (χ1) is 10.8. The van der Waals surface area contributed by atoms with Crippen molar-refractivity contribution in [3.05, 3.63) is 34.4 Å². The Hall–Kier alpha value is -1.50. The molecule has 0 spiro atoms. The average Bonchev–Trinajstić information content (AvgIpc) is 3.01. The van der Waals surface area contributed by atoms with Crippen LogP contribution in [-0.2, 0) is 6.54 Å². The van der Waals surface area contributed by atoms with Crippen LogP contribution in [0.2, 0.25) is 0 Å². The minimum absolute atomic E-state index is 0.124. The van der Waals surface area contributed by atoms with Crippen molar-refractivity contribution < 1.29 is 18.0 Å². The van der Waals surface area contributed by atoms with Crippen LogP contribution in [-0.4, -0.2) is 34.1 Å². The van der Waals surface area contributed by atoms with Gasteiger partial charge in [0.25, 0.3) is 5.91 Å². The molecule has 0 unspecified atom stereocenters. The van der Waals surface area contributed by atoms with Gasteiger partial charge in [-0.15, -0.1) is 0 Å². The highest BCUT2D eigenvalue weighted by Gasteiger charge is 2.32. The summed E-state index contributed by atoms with van der Waals surface area (Å²) in [6, 6.07) is 5.18. The molecule has 1 saturated heterocycles. The maximum absolute atomic E-state index is 12.8. The van der Waals surface area contributed by atoms with E-state index in [0.717, 1.165) is 17.4 Å². The molecule has 0 radical (unpaired) electrons. The zero-order valence-corrected chi connectivity index (χ0v) is 14.1. The largest absolute Gasteiger partial charge is 0.406 e. The number of hydrogen-bond donors (Lipinski definition) is 0. The predicted octanol–water partition coefficient (Wildman–Crippen LogP) is 4.59. The highest BCUT2D eigenvalue weighted by Crippen LogP contribution is 2.30. The number of aromatic nitrogens is 1. The molecule has 1 fully saturated rings. The van der Waals surface area contributed by atoms with E-state index in [1.807, 2.05) is 6.92 Å². The number of fused-ring (bicyclic) bond motifs is 1. The lowest BCUT2D eigenvalue weighted by Gasteiger charge is -2.21. The van der Waals surface area contributed by atoms with Crippen LogP contribution in [0, 0.1) is 0 Å². The van der Waals surface area contributed by atoms with Crippen molar-refractivity contribution in [2.24, 2.45) is 0 Å². The zero-order valence-electron chi connectivity index (χ0n) is 12.5. The van der Waals surface area contributed by atoms with E-state index in [0.29, 0.717) is 27.5 Å². The molecular formula is C16H16BrF3N2O. The Morgan fingerprint density at radius 3 is 2.74 bits per heavy atom. The number of carbonyl (C=O) groups is 1. The third-order valence-electron chi connectivity index (χ3n) is 4.24. The van der Waals surface area contributed by atoms with E-state index in [1.165, 1.54) is 6.20 Å². The zero-order chi connectivity index (χ0) is 16.8. The number of nitrogens with zero attached hydrogens (tertiary/aromatic N) is 2. The standard InChI is InChI=1S/C16H16BrF3N2O/c1-10-3-2-6-22(10)15(23)13-8-21(9-16(18,19)20)14-7-11(17)4-5-12(13)14/h4-5,7-8,10H,2-3,6,9H2,1H3/t10-/m1/s1. The molecule has 1 aromatic carbocycles. The van der Waals surface area contributed by atoms with Crippen molar-refractivity contribution in [1.29, 1.82) is 0 Å². The van der Waals surface area contributed by atoms with Crippen molar-refractivity contribution >= 4 is 32.7 Å². The Bertz CT molecular complexity index is 754. The minimum Gasteiger partial charge on any atom is -0.337 e. The van der Waals surface area contributed by atoms with E-state index in [-0.39, 0.29) is 11.9 Å². The molecule has 1 aliphatic heterocycles. The normalized spacial score (nSPS) is 18.8. The molecule has 1 amide bonds. The van der Waals surface area contributed by atoms with Gasteiger partial charge in [-0.3, -0.25) is 4.79 Å². The molecule has 0 saturated carbocycles. The lowest BCUT2D eigenvalue weighted by molar-refractivity contribution is -0.139. The summed E-state index contributed by atoms with van der Waals surface area (Å²) in [6.45, 7) is 1.52. The summed E-state index contributed by atoms with van der Waals surface area (Å²) in [6.07, 6.45) is -1.15. The number of amides is 1. The number of rotatable bonds is 2. The van der Waals surface area contributed by atoms with Crippen LogP contribution in [0.3, 0.4) is 0 Å². The van der Waals surface area contributed by atoms with Gasteiger partial charge in [0.1, 0.15) is 6.54 Å². The van der Waals surface area contributed by atoms with E-state index in [1.54, 1.807) is 23.1 Å². The first-order valence-corrected chi connectivity index (χ1v) is 8.21. The molecule has 0 aliphatic carbocycles. The first-order valence-electron chi connectivity index (χ1n) is 7.42. The fourth-order valence-corrected chi connectivity index (χ4v) is 3.50. The second-order valence-corrected chi connectivity index (χ2v) is 6.85. The van der Waals surface area contributed by atoms with Gasteiger partial charge in [-0.1, -0.05) is 22.0 Å². The van der Waals surface area contributed by atoms with E-state index >= 15 is 0 Å². The van der Waals surface area contributed by atoms with Gasteiger partial charge in [0.05, 0.1) is 11.1 Å².